The van der Waals surface area contributed by atoms with Crippen LogP contribution in [0.5, 0.6) is 11.5 Å². The molecule has 394 valence electrons. The van der Waals surface area contributed by atoms with Crippen LogP contribution in [0.1, 0.15) is 255 Å². The largest absolute Gasteiger partial charge is 0.490 e. The molecule has 0 heterocycles. The van der Waals surface area contributed by atoms with E-state index >= 15 is 0 Å². The van der Waals surface area contributed by atoms with Crippen molar-refractivity contribution in [2.45, 2.75) is 234 Å². The molecular weight excluding hydrogens is 857 g/mol. The van der Waals surface area contributed by atoms with Gasteiger partial charge in [0.25, 0.3) is 0 Å². The fourth-order valence-corrected chi connectivity index (χ4v) is 9.15. The average molecular weight is 964 g/mol. The van der Waals surface area contributed by atoms with Crippen LogP contribution in [0.15, 0.2) is 60.7 Å². The molecule has 2 unspecified atom stereocenters. The number of rotatable bonds is 46. The lowest BCUT2D eigenvalue weighted by molar-refractivity contribution is 0.113. The highest BCUT2D eigenvalue weighted by molar-refractivity contribution is 5.74. The zero-order valence-corrected chi connectivity index (χ0v) is 46.3. The monoisotopic (exact) mass is 963 g/mol. The number of ether oxygens (including phenoxy) is 4. The second kappa shape index (κ2) is 42.2. The normalized spacial score (nSPS) is 12.7. The Balaban J connectivity index is 1.58. The Morgan fingerprint density at radius 3 is 1.17 bits per heavy atom. The van der Waals surface area contributed by atoms with Crippen molar-refractivity contribution in [3.8, 4) is 11.5 Å². The second-order valence-corrected chi connectivity index (χ2v) is 20.9. The minimum atomic E-state index is 0.534. The predicted octanol–water partition coefficient (Wildman–Crippen LogP) is 20.2. The molecule has 0 amide bonds. The van der Waals surface area contributed by atoms with Crippen molar-refractivity contribution in [3.63, 3.8) is 0 Å². The Kier molecular flexibility index (Phi) is 36.7. The van der Waals surface area contributed by atoms with Gasteiger partial charge in [-0.25, -0.2) is 0 Å². The number of unbranched alkanes of at least 4 members (excludes halogenated alkanes) is 20. The predicted molar refractivity (Wildman–Crippen MR) is 308 cm³/mol. The number of benzene rings is 3. The van der Waals surface area contributed by atoms with Crippen molar-refractivity contribution < 1.29 is 18.9 Å². The van der Waals surface area contributed by atoms with Gasteiger partial charge < -0.3 is 18.9 Å². The Bertz CT molecular complexity index is 1720. The summed E-state index contributed by atoms with van der Waals surface area (Å²) in [5, 5.41) is 0. The van der Waals surface area contributed by atoms with E-state index in [-0.39, 0.29) is 0 Å². The molecule has 3 aromatic carbocycles. The summed E-state index contributed by atoms with van der Waals surface area (Å²) in [5.41, 5.74) is 7.95. The molecule has 0 fully saturated rings. The Morgan fingerprint density at radius 2 is 0.686 bits per heavy atom. The van der Waals surface area contributed by atoms with Crippen LogP contribution < -0.4 is 9.47 Å². The molecule has 0 radical (unpaired) electrons. The van der Waals surface area contributed by atoms with Gasteiger partial charge in [-0.2, -0.15) is 0 Å². The van der Waals surface area contributed by atoms with Crippen LogP contribution in [-0.2, 0) is 22.3 Å². The first-order chi connectivity index (χ1) is 34.4. The first-order valence-electron chi connectivity index (χ1n) is 29.6. The zero-order chi connectivity index (χ0) is 50.0. The highest BCUT2D eigenvalue weighted by Crippen LogP contribution is 2.31. The summed E-state index contributed by atoms with van der Waals surface area (Å²) < 4.78 is 24.9. The van der Waals surface area contributed by atoms with E-state index in [1.54, 1.807) is 11.1 Å². The van der Waals surface area contributed by atoms with Gasteiger partial charge in [-0.05, 0) is 122 Å². The molecule has 3 aromatic rings. The van der Waals surface area contributed by atoms with Gasteiger partial charge in [0.2, 0.25) is 0 Å². The molecule has 0 aliphatic rings. The molecule has 0 aliphatic heterocycles. The van der Waals surface area contributed by atoms with Gasteiger partial charge in [0.1, 0.15) is 0 Å². The van der Waals surface area contributed by atoms with Crippen LogP contribution in [0.4, 0.5) is 0 Å². The molecule has 0 aromatic heterocycles. The maximum atomic E-state index is 6.52. The lowest BCUT2D eigenvalue weighted by Crippen LogP contribution is -2.10. The summed E-state index contributed by atoms with van der Waals surface area (Å²) in [7, 11) is 0. The molecular formula is C66H106O4. The third-order valence-corrected chi connectivity index (χ3v) is 14.2. The van der Waals surface area contributed by atoms with Crippen LogP contribution in [0.3, 0.4) is 0 Å². The molecule has 3 rings (SSSR count). The third kappa shape index (κ3) is 30.5. The fourth-order valence-electron chi connectivity index (χ4n) is 9.15. The maximum absolute atomic E-state index is 6.52. The van der Waals surface area contributed by atoms with Crippen molar-refractivity contribution in [3.05, 3.63) is 94.0 Å². The summed E-state index contributed by atoms with van der Waals surface area (Å²) in [6.07, 6.45) is 47.3. The van der Waals surface area contributed by atoms with Crippen LogP contribution in [0.2, 0.25) is 0 Å². The molecule has 2 atom stereocenters. The zero-order valence-electron chi connectivity index (χ0n) is 46.3. The molecule has 4 nitrogen and oxygen atoms in total. The van der Waals surface area contributed by atoms with Crippen molar-refractivity contribution in [1.82, 2.24) is 0 Å². The first-order valence-corrected chi connectivity index (χ1v) is 29.6. The van der Waals surface area contributed by atoms with Gasteiger partial charge >= 0.3 is 0 Å². The number of hydrogen-bond donors (Lipinski definition) is 0. The second-order valence-electron chi connectivity index (χ2n) is 20.9. The minimum Gasteiger partial charge on any atom is -0.490 e. The minimum absolute atomic E-state index is 0.534. The lowest BCUT2D eigenvalue weighted by Gasteiger charge is -2.17. The third-order valence-electron chi connectivity index (χ3n) is 14.2. The van der Waals surface area contributed by atoms with E-state index in [9.17, 15) is 0 Å². The van der Waals surface area contributed by atoms with Gasteiger partial charge in [-0.3, -0.25) is 0 Å². The average Bonchev–Trinajstić information content (AvgIpc) is 3.37. The summed E-state index contributed by atoms with van der Waals surface area (Å²) >= 11 is 0. The van der Waals surface area contributed by atoms with E-state index in [1.165, 1.54) is 184 Å². The van der Waals surface area contributed by atoms with Crippen molar-refractivity contribution in [2.24, 2.45) is 11.8 Å². The highest BCUT2D eigenvalue weighted by Gasteiger charge is 2.11. The van der Waals surface area contributed by atoms with Crippen LogP contribution in [-0.4, -0.2) is 39.6 Å². The van der Waals surface area contributed by atoms with Gasteiger partial charge in [-0.15, -0.1) is 0 Å². The summed E-state index contributed by atoms with van der Waals surface area (Å²) in [5.74, 6) is 2.73. The Hall–Kier alpha value is -3.34. The van der Waals surface area contributed by atoms with E-state index in [0.29, 0.717) is 25.0 Å². The molecule has 0 saturated heterocycles. The van der Waals surface area contributed by atoms with E-state index in [1.807, 2.05) is 0 Å². The molecule has 4 heteroatoms. The van der Waals surface area contributed by atoms with Gasteiger partial charge in [-0.1, -0.05) is 243 Å². The van der Waals surface area contributed by atoms with Crippen molar-refractivity contribution >= 4 is 24.3 Å². The summed E-state index contributed by atoms with van der Waals surface area (Å²) in [6, 6.07) is 22.5. The fraction of sp³-hybridized carbons (Fsp3) is 0.667. The molecule has 0 bridgehead atoms. The Morgan fingerprint density at radius 1 is 0.329 bits per heavy atom. The van der Waals surface area contributed by atoms with E-state index in [2.05, 4.69) is 127 Å². The van der Waals surface area contributed by atoms with Crippen molar-refractivity contribution in [2.75, 3.05) is 39.6 Å². The molecule has 0 saturated carbocycles. The van der Waals surface area contributed by atoms with Gasteiger partial charge in [0.05, 0.1) is 13.2 Å². The smallest absolute Gasteiger partial charge is 0.161 e. The lowest BCUT2D eigenvalue weighted by atomic mass is 9.94. The van der Waals surface area contributed by atoms with Gasteiger partial charge in [0, 0.05) is 26.4 Å². The molecule has 70 heavy (non-hydrogen) atoms. The van der Waals surface area contributed by atoms with E-state index < -0.39 is 0 Å². The molecule has 0 aliphatic carbocycles. The first kappa shape index (κ1) is 61.0. The van der Waals surface area contributed by atoms with E-state index in [4.69, 9.17) is 18.9 Å². The van der Waals surface area contributed by atoms with Gasteiger partial charge in [0.15, 0.2) is 11.5 Å². The standard InChI is InChI=1S/C66H106O4/c1-7-11-15-19-23-27-31-63-43-41-61(55-64(63)32-28-24-20-16-12-8-2)39-37-59-33-35-60(36-34-59)38-40-62-42-44-65(69-53-47-57(5)45-51-67-49-29-25-21-17-13-9-3)66(56-62)70-54-48-58(6)46-52-68-50-30-26-22-18-14-10-4/h33-44,55-58H,7-32,45-54H2,1-6H3. The molecule has 0 spiro atoms. The number of aryl methyl sites for hydroxylation is 2. The summed E-state index contributed by atoms with van der Waals surface area (Å²) in [6.45, 7) is 18.5. The Labute approximate surface area is 432 Å². The van der Waals surface area contributed by atoms with Crippen LogP contribution in [0.25, 0.3) is 24.3 Å². The van der Waals surface area contributed by atoms with E-state index in [0.717, 1.165) is 69.2 Å². The molecule has 0 N–H and O–H groups in total. The van der Waals surface area contributed by atoms with Crippen LogP contribution >= 0.6 is 0 Å². The maximum Gasteiger partial charge on any atom is 0.161 e. The SMILES string of the molecule is CCCCCCCCOCCC(C)CCOc1ccc(C=Cc2ccc(C=Cc3ccc(CCCCCCCC)c(CCCCCCCC)c3)cc2)cc1OCCC(C)CCOCCCCCCCC. The topological polar surface area (TPSA) is 36.9 Å². The number of hydrogen-bond acceptors (Lipinski definition) is 4. The highest BCUT2D eigenvalue weighted by atomic mass is 16.5. The summed E-state index contributed by atoms with van der Waals surface area (Å²) in [4.78, 5) is 0. The van der Waals surface area contributed by atoms with Crippen LogP contribution in [0, 0.1) is 11.8 Å². The van der Waals surface area contributed by atoms with Crippen molar-refractivity contribution in [1.29, 1.82) is 0 Å². The quantitative estimate of drug-likeness (QED) is 0.0418.